The number of carbonyl (C=O) groups is 1. The molecule has 1 amide bonds. The minimum absolute atomic E-state index is 0.197. The lowest BCUT2D eigenvalue weighted by atomic mass is 10.2. The van der Waals surface area contributed by atoms with Crippen LogP contribution in [0.2, 0.25) is 5.02 Å². The van der Waals surface area contributed by atoms with E-state index in [0.717, 1.165) is 12.2 Å². The molecule has 1 N–H and O–H groups in total. The van der Waals surface area contributed by atoms with Gasteiger partial charge in [-0.3, -0.25) is 4.79 Å². The number of benzene rings is 2. The van der Waals surface area contributed by atoms with Crippen molar-refractivity contribution in [3.8, 4) is 17.2 Å². The SMILES string of the molecule is O=C(NCCCOc1ccccc1)c1cc(Cl)c2c(c1)OCCCO2. The molecule has 0 aromatic heterocycles. The summed E-state index contributed by atoms with van der Waals surface area (Å²) < 4.78 is 16.8. The van der Waals surface area contributed by atoms with E-state index < -0.39 is 0 Å². The third kappa shape index (κ3) is 4.79. The zero-order valence-corrected chi connectivity index (χ0v) is 14.6. The van der Waals surface area contributed by atoms with Crippen LogP contribution in [0.4, 0.5) is 0 Å². The first-order chi connectivity index (χ1) is 12.2. The number of ether oxygens (including phenoxy) is 3. The van der Waals surface area contributed by atoms with E-state index in [2.05, 4.69) is 5.32 Å². The van der Waals surface area contributed by atoms with Crippen molar-refractivity contribution >= 4 is 17.5 Å². The second kappa shape index (κ2) is 8.62. The standard InChI is InChI=1S/C19H20ClNO4/c20-16-12-14(13-17-18(16)25-11-5-10-24-17)19(22)21-8-4-9-23-15-6-2-1-3-7-15/h1-3,6-7,12-13H,4-5,8-11H2,(H,21,22). The minimum Gasteiger partial charge on any atom is -0.494 e. The van der Waals surface area contributed by atoms with E-state index >= 15 is 0 Å². The van der Waals surface area contributed by atoms with Gasteiger partial charge < -0.3 is 19.5 Å². The van der Waals surface area contributed by atoms with Crippen molar-refractivity contribution in [3.63, 3.8) is 0 Å². The first kappa shape index (κ1) is 17.4. The molecule has 0 spiro atoms. The van der Waals surface area contributed by atoms with Gasteiger partial charge in [0.2, 0.25) is 0 Å². The Hall–Kier alpha value is -2.40. The van der Waals surface area contributed by atoms with Gasteiger partial charge in [-0.05, 0) is 30.7 Å². The number of hydrogen-bond acceptors (Lipinski definition) is 4. The molecule has 0 aliphatic carbocycles. The molecule has 0 bridgehead atoms. The van der Waals surface area contributed by atoms with E-state index in [4.69, 9.17) is 25.8 Å². The van der Waals surface area contributed by atoms with Crippen molar-refractivity contribution in [1.29, 1.82) is 0 Å². The van der Waals surface area contributed by atoms with Crippen molar-refractivity contribution in [2.24, 2.45) is 0 Å². The topological polar surface area (TPSA) is 56.8 Å². The summed E-state index contributed by atoms with van der Waals surface area (Å²) in [4.78, 5) is 12.3. The molecule has 0 radical (unpaired) electrons. The fraction of sp³-hybridized carbons (Fsp3) is 0.316. The largest absolute Gasteiger partial charge is 0.494 e. The molecule has 132 valence electrons. The third-order valence-electron chi connectivity index (χ3n) is 3.68. The van der Waals surface area contributed by atoms with E-state index in [-0.39, 0.29) is 5.91 Å². The maximum Gasteiger partial charge on any atom is 0.251 e. The summed E-state index contributed by atoms with van der Waals surface area (Å²) in [5.74, 6) is 1.65. The quantitative estimate of drug-likeness (QED) is 0.797. The number of hydrogen-bond donors (Lipinski definition) is 1. The predicted molar refractivity (Wildman–Crippen MR) is 95.9 cm³/mol. The monoisotopic (exact) mass is 361 g/mol. The maximum absolute atomic E-state index is 12.3. The van der Waals surface area contributed by atoms with E-state index in [0.29, 0.717) is 54.9 Å². The van der Waals surface area contributed by atoms with E-state index in [1.54, 1.807) is 12.1 Å². The molecule has 25 heavy (non-hydrogen) atoms. The Kier molecular flexibility index (Phi) is 6.01. The van der Waals surface area contributed by atoms with E-state index in [9.17, 15) is 4.79 Å². The number of halogens is 1. The van der Waals surface area contributed by atoms with Gasteiger partial charge in [-0.25, -0.2) is 0 Å². The number of rotatable bonds is 6. The highest BCUT2D eigenvalue weighted by Gasteiger charge is 2.18. The molecule has 1 heterocycles. The van der Waals surface area contributed by atoms with Gasteiger partial charge in [0.15, 0.2) is 11.5 Å². The highest BCUT2D eigenvalue weighted by Crippen LogP contribution is 2.37. The Balaban J connectivity index is 1.50. The van der Waals surface area contributed by atoms with Crippen LogP contribution in [0.25, 0.3) is 0 Å². The van der Waals surface area contributed by atoms with Crippen molar-refractivity contribution in [2.45, 2.75) is 12.8 Å². The minimum atomic E-state index is -0.197. The van der Waals surface area contributed by atoms with Crippen LogP contribution < -0.4 is 19.5 Å². The van der Waals surface area contributed by atoms with Crippen LogP contribution in [0.1, 0.15) is 23.2 Å². The lowest BCUT2D eigenvalue weighted by Crippen LogP contribution is -2.25. The Morgan fingerprint density at radius 3 is 2.80 bits per heavy atom. The third-order valence-corrected chi connectivity index (χ3v) is 3.96. The van der Waals surface area contributed by atoms with Crippen LogP contribution in [0, 0.1) is 0 Å². The zero-order chi connectivity index (χ0) is 17.5. The number of amides is 1. The van der Waals surface area contributed by atoms with Gasteiger partial charge in [0.25, 0.3) is 5.91 Å². The smallest absolute Gasteiger partial charge is 0.251 e. The summed E-state index contributed by atoms with van der Waals surface area (Å²) in [6.07, 6.45) is 1.49. The summed E-state index contributed by atoms with van der Waals surface area (Å²) in [6, 6.07) is 12.9. The predicted octanol–water partition coefficient (Wildman–Crippen LogP) is 3.70. The van der Waals surface area contributed by atoms with Gasteiger partial charge in [-0.15, -0.1) is 0 Å². The van der Waals surface area contributed by atoms with Crippen molar-refractivity contribution in [2.75, 3.05) is 26.4 Å². The lowest BCUT2D eigenvalue weighted by Gasteiger charge is -2.12. The molecule has 0 saturated carbocycles. The molecule has 2 aromatic carbocycles. The van der Waals surface area contributed by atoms with Gasteiger partial charge in [-0.1, -0.05) is 29.8 Å². The maximum atomic E-state index is 12.3. The molecule has 0 fully saturated rings. The molecule has 0 saturated heterocycles. The summed E-state index contributed by atoms with van der Waals surface area (Å²) in [5.41, 5.74) is 0.457. The van der Waals surface area contributed by atoms with Crippen LogP contribution in [-0.4, -0.2) is 32.3 Å². The first-order valence-corrected chi connectivity index (χ1v) is 8.67. The molecule has 1 aliphatic heterocycles. The Morgan fingerprint density at radius 1 is 1.16 bits per heavy atom. The van der Waals surface area contributed by atoms with E-state index in [1.165, 1.54) is 0 Å². The van der Waals surface area contributed by atoms with Crippen LogP contribution in [0.5, 0.6) is 17.2 Å². The van der Waals surface area contributed by atoms with Gasteiger partial charge in [0, 0.05) is 18.5 Å². The number of fused-ring (bicyclic) bond motifs is 1. The summed E-state index contributed by atoms with van der Waals surface area (Å²) in [6.45, 7) is 2.15. The fourth-order valence-electron chi connectivity index (χ4n) is 2.44. The van der Waals surface area contributed by atoms with Crippen LogP contribution in [-0.2, 0) is 0 Å². The molecule has 3 rings (SSSR count). The second-order valence-electron chi connectivity index (χ2n) is 5.61. The average Bonchev–Trinajstić information content (AvgIpc) is 2.88. The molecular weight excluding hydrogens is 342 g/mol. The highest BCUT2D eigenvalue weighted by molar-refractivity contribution is 6.32. The van der Waals surface area contributed by atoms with Crippen LogP contribution in [0.15, 0.2) is 42.5 Å². The molecule has 2 aromatic rings. The van der Waals surface area contributed by atoms with Crippen LogP contribution in [0.3, 0.4) is 0 Å². The van der Waals surface area contributed by atoms with Crippen molar-refractivity contribution in [3.05, 3.63) is 53.1 Å². The average molecular weight is 362 g/mol. The molecular formula is C19H20ClNO4. The van der Waals surface area contributed by atoms with Crippen molar-refractivity contribution < 1.29 is 19.0 Å². The Labute approximate surface area is 151 Å². The van der Waals surface area contributed by atoms with Gasteiger partial charge in [0.05, 0.1) is 24.8 Å². The highest BCUT2D eigenvalue weighted by atomic mass is 35.5. The summed E-state index contributed by atoms with van der Waals surface area (Å²) in [5, 5.41) is 3.25. The number of para-hydroxylation sites is 1. The molecule has 0 unspecified atom stereocenters. The Bertz CT molecular complexity index is 721. The zero-order valence-electron chi connectivity index (χ0n) is 13.8. The number of carbonyl (C=O) groups excluding carboxylic acids is 1. The fourth-order valence-corrected chi connectivity index (χ4v) is 2.71. The van der Waals surface area contributed by atoms with Crippen LogP contribution >= 0.6 is 11.6 Å². The van der Waals surface area contributed by atoms with Gasteiger partial charge in [0.1, 0.15) is 5.75 Å². The summed E-state index contributed by atoms with van der Waals surface area (Å²) >= 11 is 6.21. The van der Waals surface area contributed by atoms with Gasteiger partial charge in [-0.2, -0.15) is 0 Å². The Morgan fingerprint density at radius 2 is 1.96 bits per heavy atom. The second-order valence-corrected chi connectivity index (χ2v) is 6.01. The van der Waals surface area contributed by atoms with E-state index in [1.807, 2.05) is 30.3 Å². The molecule has 1 aliphatic rings. The molecule has 0 atom stereocenters. The number of nitrogens with one attached hydrogen (secondary N) is 1. The lowest BCUT2D eigenvalue weighted by molar-refractivity contribution is 0.0951. The normalized spacial score (nSPS) is 13.0. The summed E-state index contributed by atoms with van der Waals surface area (Å²) in [7, 11) is 0. The van der Waals surface area contributed by atoms with Gasteiger partial charge >= 0.3 is 0 Å². The molecule has 5 nitrogen and oxygen atoms in total. The van der Waals surface area contributed by atoms with Crippen molar-refractivity contribution in [1.82, 2.24) is 5.32 Å². The first-order valence-electron chi connectivity index (χ1n) is 8.29. The molecule has 6 heteroatoms.